The molecule has 4 heterocycles. The quantitative estimate of drug-likeness (QED) is 0.562. The van der Waals surface area contributed by atoms with E-state index in [9.17, 15) is 4.79 Å². The van der Waals surface area contributed by atoms with Crippen molar-refractivity contribution in [2.45, 2.75) is 71.1 Å². The molecule has 4 aliphatic rings. The number of aryl methyl sites for hydroxylation is 1. The number of aromatic nitrogens is 1. The van der Waals surface area contributed by atoms with Crippen LogP contribution in [0.25, 0.3) is 0 Å². The molecule has 0 unspecified atom stereocenters. The number of rotatable bonds is 8. The first-order chi connectivity index (χ1) is 16.6. The molecule has 3 aliphatic heterocycles. The summed E-state index contributed by atoms with van der Waals surface area (Å²) >= 11 is 0. The number of carbonyl (C=O) groups excluding carboxylic acids is 1. The van der Waals surface area contributed by atoms with Crippen LogP contribution in [0.3, 0.4) is 0 Å². The zero-order valence-corrected chi connectivity index (χ0v) is 21.1. The molecule has 0 radical (unpaired) electrons. The molecule has 6 nitrogen and oxygen atoms in total. The zero-order chi connectivity index (χ0) is 23.3. The van der Waals surface area contributed by atoms with E-state index in [1.165, 1.54) is 44.2 Å². The third-order valence-electron chi connectivity index (χ3n) is 8.66. The highest BCUT2D eigenvalue weighted by Gasteiger charge is 2.27. The minimum atomic E-state index is 0.508. The molecule has 0 atom stereocenters. The summed E-state index contributed by atoms with van der Waals surface area (Å²) < 4.78 is 11.2. The van der Waals surface area contributed by atoms with E-state index in [2.05, 4.69) is 22.8 Å². The first-order valence-corrected chi connectivity index (χ1v) is 13.8. The number of ketones is 1. The van der Waals surface area contributed by atoms with E-state index in [-0.39, 0.29) is 0 Å². The summed E-state index contributed by atoms with van der Waals surface area (Å²) in [4.78, 5) is 22.5. The molecule has 6 heteroatoms. The standard InChI is InChI=1S/C28H43N3O3/c1-21-18-27-26(9-17-34-27)28(29-21)31-13-11-30(12-14-31)10-6-22-2-4-23(5-3-22)19-25(32)20-24-7-15-33-16-8-24/h18,22-24H,2-17,19-20H2,1H3. The molecule has 0 spiro atoms. The number of piperazine rings is 1. The normalized spacial score (nSPS) is 26.3. The van der Waals surface area contributed by atoms with Crippen LogP contribution in [0.1, 0.15) is 69.0 Å². The lowest BCUT2D eigenvalue weighted by Crippen LogP contribution is -2.47. The van der Waals surface area contributed by atoms with Crippen molar-refractivity contribution in [2.24, 2.45) is 17.8 Å². The molecule has 1 aliphatic carbocycles. The second kappa shape index (κ2) is 11.4. The van der Waals surface area contributed by atoms with Gasteiger partial charge in [0.2, 0.25) is 0 Å². The van der Waals surface area contributed by atoms with Gasteiger partial charge < -0.3 is 14.4 Å². The van der Waals surface area contributed by atoms with E-state index >= 15 is 0 Å². The molecule has 0 aromatic carbocycles. The van der Waals surface area contributed by atoms with Crippen molar-refractivity contribution < 1.29 is 14.3 Å². The van der Waals surface area contributed by atoms with Gasteiger partial charge in [-0.15, -0.1) is 0 Å². The molecular formula is C28H43N3O3. The Morgan fingerprint density at radius 3 is 2.35 bits per heavy atom. The Bertz CT molecular complexity index is 822. The average Bonchev–Trinajstić information content (AvgIpc) is 3.32. The van der Waals surface area contributed by atoms with Crippen LogP contribution in [0.15, 0.2) is 6.07 Å². The van der Waals surface area contributed by atoms with Crippen LogP contribution in [0.4, 0.5) is 5.82 Å². The smallest absolute Gasteiger partial charge is 0.135 e. The Hall–Kier alpha value is -1.66. The molecule has 0 bridgehead atoms. The van der Waals surface area contributed by atoms with Crippen molar-refractivity contribution >= 4 is 11.6 Å². The van der Waals surface area contributed by atoms with Crippen LogP contribution >= 0.6 is 0 Å². The first kappa shape index (κ1) is 24.1. The SMILES string of the molecule is Cc1cc2c(c(N3CCN(CCC4CCC(CC(=O)CC5CCOCC5)CC4)CC3)n1)CCO2. The lowest BCUT2D eigenvalue weighted by atomic mass is 9.77. The summed E-state index contributed by atoms with van der Waals surface area (Å²) in [5, 5.41) is 0. The van der Waals surface area contributed by atoms with E-state index < -0.39 is 0 Å². The number of nitrogens with zero attached hydrogens (tertiary/aromatic N) is 3. The Morgan fingerprint density at radius 1 is 0.941 bits per heavy atom. The first-order valence-electron chi connectivity index (χ1n) is 13.8. The van der Waals surface area contributed by atoms with Crippen LogP contribution in [0.5, 0.6) is 5.75 Å². The van der Waals surface area contributed by atoms with Crippen molar-refractivity contribution in [3.63, 3.8) is 0 Å². The summed E-state index contributed by atoms with van der Waals surface area (Å²) in [5.41, 5.74) is 2.36. The second-order valence-electron chi connectivity index (χ2n) is 11.2. The maximum Gasteiger partial charge on any atom is 0.135 e. The number of pyridine rings is 1. The minimum Gasteiger partial charge on any atom is -0.493 e. The predicted octanol–water partition coefficient (Wildman–Crippen LogP) is 4.42. The molecule has 0 amide bonds. The van der Waals surface area contributed by atoms with Crippen molar-refractivity contribution in [3.05, 3.63) is 17.3 Å². The van der Waals surface area contributed by atoms with Gasteiger partial charge in [0, 0.05) is 76.0 Å². The number of fused-ring (bicyclic) bond motifs is 1. The number of hydrogen-bond acceptors (Lipinski definition) is 6. The van der Waals surface area contributed by atoms with Crippen molar-refractivity contribution in [1.82, 2.24) is 9.88 Å². The van der Waals surface area contributed by atoms with Crippen LogP contribution in [-0.2, 0) is 16.0 Å². The molecule has 34 heavy (non-hydrogen) atoms. The van der Waals surface area contributed by atoms with Gasteiger partial charge in [-0.3, -0.25) is 9.69 Å². The Morgan fingerprint density at radius 2 is 1.62 bits per heavy atom. The highest BCUT2D eigenvalue weighted by Crippen LogP contribution is 2.35. The van der Waals surface area contributed by atoms with Gasteiger partial charge >= 0.3 is 0 Å². The lowest BCUT2D eigenvalue weighted by molar-refractivity contribution is -0.121. The van der Waals surface area contributed by atoms with Gasteiger partial charge in [0.15, 0.2) is 0 Å². The molecule has 2 saturated heterocycles. The van der Waals surface area contributed by atoms with Crippen LogP contribution in [-0.4, -0.2) is 68.2 Å². The molecule has 188 valence electrons. The summed E-state index contributed by atoms with van der Waals surface area (Å²) in [7, 11) is 0. The summed E-state index contributed by atoms with van der Waals surface area (Å²) in [5.74, 6) is 4.78. The average molecular weight is 470 g/mol. The monoisotopic (exact) mass is 469 g/mol. The zero-order valence-electron chi connectivity index (χ0n) is 21.1. The maximum atomic E-state index is 12.5. The second-order valence-corrected chi connectivity index (χ2v) is 11.2. The van der Waals surface area contributed by atoms with Gasteiger partial charge in [0.1, 0.15) is 17.4 Å². The number of ether oxygens (including phenoxy) is 2. The van der Waals surface area contributed by atoms with Gasteiger partial charge in [0.25, 0.3) is 0 Å². The van der Waals surface area contributed by atoms with Crippen molar-refractivity contribution in [3.8, 4) is 5.75 Å². The highest BCUT2D eigenvalue weighted by atomic mass is 16.5. The van der Waals surface area contributed by atoms with Crippen molar-refractivity contribution in [1.29, 1.82) is 0 Å². The minimum absolute atomic E-state index is 0.508. The van der Waals surface area contributed by atoms with E-state index in [1.807, 2.05) is 0 Å². The molecule has 0 N–H and O–H groups in total. The third kappa shape index (κ3) is 6.12. The fraction of sp³-hybridized carbons (Fsp3) is 0.786. The molecule has 1 aromatic heterocycles. The maximum absolute atomic E-state index is 12.5. The van der Waals surface area contributed by atoms with E-state index in [4.69, 9.17) is 14.5 Å². The molecule has 5 rings (SSSR count). The van der Waals surface area contributed by atoms with Gasteiger partial charge in [-0.05, 0) is 63.3 Å². The van der Waals surface area contributed by atoms with Crippen LogP contribution in [0.2, 0.25) is 0 Å². The topological polar surface area (TPSA) is 54.9 Å². The largest absolute Gasteiger partial charge is 0.493 e. The number of anilines is 1. The Balaban J connectivity index is 0.994. The number of Topliss-reactive ketones (excluding diaryl/α,β-unsaturated/α-hetero) is 1. The summed E-state index contributed by atoms with van der Waals surface area (Å²) in [6.45, 7) is 10.1. The fourth-order valence-corrected chi connectivity index (χ4v) is 6.49. The van der Waals surface area contributed by atoms with Gasteiger partial charge in [-0.25, -0.2) is 4.98 Å². The van der Waals surface area contributed by atoms with Gasteiger partial charge in [-0.2, -0.15) is 0 Å². The van der Waals surface area contributed by atoms with Crippen molar-refractivity contribution in [2.75, 3.05) is 57.4 Å². The van der Waals surface area contributed by atoms with Crippen LogP contribution in [0, 0.1) is 24.7 Å². The van der Waals surface area contributed by atoms with Gasteiger partial charge in [-0.1, -0.05) is 12.8 Å². The number of hydrogen-bond donors (Lipinski definition) is 0. The highest BCUT2D eigenvalue weighted by molar-refractivity contribution is 5.78. The lowest BCUT2D eigenvalue weighted by Gasteiger charge is -2.37. The molecule has 1 saturated carbocycles. The van der Waals surface area contributed by atoms with E-state index in [0.29, 0.717) is 17.6 Å². The van der Waals surface area contributed by atoms with E-state index in [1.54, 1.807) is 0 Å². The molecular weight excluding hydrogens is 426 g/mol. The fourth-order valence-electron chi connectivity index (χ4n) is 6.49. The van der Waals surface area contributed by atoms with Crippen LogP contribution < -0.4 is 9.64 Å². The molecule has 1 aromatic rings. The van der Waals surface area contributed by atoms with E-state index in [0.717, 1.165) is 101 Å². The summed E-state index contributed by atoms with van der Waals surface area (Å²) in [6.07, 6.45) is 11.2. The molecule has 3 fully saturated rings. The Kier molecular flexibility index (Phi) is 8.05. The summed E-state index contributed by atoms with van der Waals surface area (Å²) in [6, 6.07) is 2.08. The third-order valence-corrected chi connectivity index (χ3v) is 8.66. The predicted molar refractivity (Wildman–Crippen MR) is 135 cm³/mol. The van der Waals surface area contributed by atoms with Gasteiger partial charge in [0.05, 0.1) is 6.61 Å². The Labute approximate surface area is 205 Å². The number of carbonyl (C=O) groups is 1.